The monoisotopic (exact) mass is 356 g/mol. The lowest BCUT2D eigenvalue weighted by Gasteiger charge is -2.07. The zero-order chi connectivity index (χ0) is 14.5. The molecule has 2 aromatic rings. The minimum Gasteiger partial charge on any atom is -0.415 e. The van der Waals surface area contributed by atoms with E-state index in [1.807, 2.05) is 25.1 Å². The highest BCUT2D eigenvalue weighted by atomic mass is 79.9. The minimum atomic E-state index is -0.146. The summed E-state index contributed by atoms with van der Waals surface area (Å²) in [4.78, 5) is 11.8. The first-order valence-electron chi connectivity index (χ1n) is 5.79. The van der Waals surface area contributed by atoms with Gasteiger partial charge in [0.15, 0.2) is 0 Å². The molecule has 1 amide bonds. The number of rotatable bonds is 5. The predicted molar refractivity (Wildman–Crippen MR) is 80.4 cm³/mol. The molecule has 1 aromatic heterocycles. The molecule has 20 heavy (non-hydrogen) atoms. The highest BCUT2D eigenvalue weighted by Crippen LogP contribution is 2.24. The fourth-order valence-electron chi connectivity index (χ4n) is 1.41. The van der Waals surface area contributed by atoms with Crippen molar-refractivity contribution in [1.29, 1.82) is 0 Å². The van der Waals surface area contributed by atoms with E-state index in [0.717, 1.165) is 15.7 Å². The van der Waals surface area contributed by atoms with Gasteiger partial charge in [-0.15, -0.1) is 10.2 Å². The van der Waals surface area contributed by atoms with Crippen molar-refractivity contribution in [3.63, 3.8) is 0 Å². The van der Waals surface area contributed by atoms with E-state index in [-0.39, 0.29) is 18.2 Å². The molecule has 106 valence electrons. The molecule has 6 nitrogen and oxygen atoms in total. The Kier molecular flexibility index (Phi) is 5.16. The number of carbonyl (C=O) groups is 1. The summed E-state index contributed by atoms with van der Waals surface area (Å²) in [7, 11) is 0. The highest BCUT2D eigenvalue weighted by molar-refractivity contribution is 9.10. The number of benzene rings is 1. The number of nitrogens with one attached hydrogen (secondary N) is 1. The van der Waals surface area contributed by atoms with Gasteiger partial charge in [0.05, 0.1) is 18.0 Å². The zero-order valence-corrected chi connectivity index (χ0v) is 13.1. The number of aromatic nitrogens is 2. The molecule has 8 heteroatoms. The minimum absolute atomic E-state index is 0.146. The quantitative estimate of drug-likeness (QED) is 0.798. The Morgan fingerprint density at radius 1 is 1.50 bits per heavy atom. The predicted octanol–water partition coefficient (Wildman–Crippen LogP) is 2.33. The van der Waals surface area contributed by atoms with Gasteiger partial charge in [0, 0.05) is 4.47 Å². The van der Waals surface area contributed by atoms with Crippen molar-refractivity contribution in [2.75, 3.05) is 11.1 Å². The fraction of sp³-hybridized carbons (Fsp3) is 0.250. The molecule has 0 aliphatic carbocycles. The van der Waals surface area contributed by atoms with Crippen LogP contribution in [0.5, 0.6) is 0 Å². The van der Waals surface area contributed by atoms with E-state index < -0.39 is 0 Å². The SMILES string of the molecule is Cc1ccc(NC(=O)CSc2nnc(CN)o2)c(Br)c1. The van der Waals surface area contributed by atoms with Gasteiger partial charge in [-0.1, -0.05) is 17.8 Å². The van der Waals surface area contributed by atoms with Gasteiger partial charge in [0.2, 0.25) is 11.8 Å². The van der Waals surface area contributed by atoms with Gasteiger partial charge >= 0.3 is 0 Å². The van der Waals surface area contributed by atoms with Crippen molar-refractivity contribution in [2.24, 2.45) is 5.73 Å². The Labute approximate surface area is 128 Å². The molecule has 1 aromatic carbocycles. The molecule has 0 aliphatic heterocycles. The second-order valence-electron chi connectivity index (χ2n) is 3.99. The van der Waals surface area contributed by atoms with Crippen LogP contribution >= 0.6 is 27.7 Å². The maximum absolute atomic E-state index is 11.8. The normalized spacial score (nSPS) is 10.6. The van der Waals surface area contributed by atoms with E-state index in [2.05, 4.69) is 31.4 Å². The maximum Gasteiger partial charge on any atom is 0.277 e. The van der Waals surface area contributed by atoms with Crippen molar-refractivity contribution in [1.82, 2.24) is 10.2 Å². The standard InChI is InChI=1S/C12H13BrN4O2S/c1-7-2-3-9(8(13)4-7)15-10(18)6-20-12-17-16-11(5-14)19-12/h2-4H,5-6,14H2,1H3,(H,15,18). The number of thioether (sulfide) groups is 1. The van der Waals surface area contributed by atoms with Crippen molar-refractivity contribution < 1.29 is 9.21 Å². The summed E-state index contributed by atoms with van der Waals surface area (Å²) in [5.41, 5.74) is 7.21. The molecule has 0 atom stereocenters. The van der Waals surface area contributed by atoms with Crippen molar-refractivity contribution in [3.05, 3.63) is 34.1 Å². The average Bonchev–Trinajstić information content (AvgIpc) is 2.88. The van der Waals surface area contributed by atoms with Crippen LogP contribution in [-0.4, -0.2) is 21.9 Å². The first-order valence-corrected chi connectivity index (χ1v) is 7.57. The van der Waals surface area contributed by atoms with Gasteiger partial charge in [-0.3, -0.25) is 4.79 Å². The highest BCUT2D eigenvalue weighted by Gasteiger charge is 2.10. The lowest BCUT2D eigenvalue weighted by atomic mass is 10.2. The van der Waals surface area contributed by atoms with Crippen molar-refractivity contribution in [2.45, 2.75) is 18.7 Å². The summed E-state index contributed by atoms with van der Waals surface area (Å²) in [6.07, 6.45) is 0. The van der Waals surface area contributed by atoms with Crippen LogP contribution in [0.2, 0.25) is 0 Å². The Morgan fingerprint density at radius 2 is 2.30 bits per heavy atom. The Hall–Kier alpha value is -1.38. The van der Waals surface area contributed by atoms with Gasteiger partial charge < -0.3 is 15.5 Å². The average molecular weight is 357 g/mol. The van der Waals surface area contributed by atoms with E-state index in [0.29, 0.717) is 11.1 Å². The van der Waals surface area contributed by atoms with Crippen LogP contribution in [0.1, 0.15) is 11.5 Å². The molecule has 0 saturated carbocycles. The van der Waals surface area contributed by atoms with Crippen LogP contribution in [-0.2, 0) is 11.3 Å². The smallest absolute Gasteiger partial charge is 0.277 e. The van der Waals surface area contributed by atoms with E-state index in [9.17, 15) is 4.79 Å². The van der Waals surface area contributed by atoms with Gasteiger partial charge in [0.25, 0.3) is 5.22 Å². The molecule has 1 heterocycles. The molecule has 0 radical (unpaired) electrons. The summed E-state index contributed by atoms with van der Waals surface area (Å²) in [6, 6.07) is 5.72. The second-order valence-corrected chi connectivity index (χ2v) is 5.77. The van der Waals surface area contributed by atoms with Gasteiger partial charge in [-0.05, 0) is 40.5 Å². The third-order valence-corrected chi connectivity index (χ3v) is 3.82. The summed E-state index contributed by atoms with van der Waals surface area (Å²) < 4.78 is 6.05. The largest absolute Gasteiger partial charge is 0.415 e. The van der Waals surface area contributed by atoms with Crippen LogP contribution in [0, 0.1) is 6.92 Å². The van der Waals surface area contributed by atoms with Crippen LogP contribution in [0.3, 0.4) is 0 Å². The second kappa shape index (κ2) is 6.87. The van der Waals surface area contributed by atoms with Gasteiger partial charge in [0.1, 0.15) is 0 Å². The van der Waals surface area contributed by atoms with Gasteiger partial charge in [-0.25, -0.2) is 0 Å². The lowest BCUT2D eigenvalue weighted by molar-refractivity contribution is -0.113. The van der Waals surface area contributed by atoms with Crippen LogP contribution in [0.15, 0.2) is 32.3 Å². The fourth-order valence-corrected chi connectivity index (χ4v) is 2.59. The molecule has 3 N–H and O–H groups in total. The van der Waals surface area contributed by atoms with E-state index >= 15 is 0 Å². The first kappa shape index (κ1) is 15.0. The molecular weight excluding hydrogens is 344 g/mol. The summed E-state index contributed by atoms with van der Waals surface area (Å²) in [6.45, 7) is 2.17. The van der Waals surface area contributed by atoms with E-state index in [4.69, 9.17) is 10.2 Å². The number of nitrogens with zero attached hydrogens (tertiary/aromatic N) is 2. The van der Waals surface area contributed by atoms with E-state index in [1.54, 1.807) is 0 Å². The Morgan fingerprint density at radius 3 is 2.95 bits per heavy atom. The number of anilines is 1. The number of hydrogen-bond donors (Lipinski definition) is 2. The Balaban J connectivity index is 1.89. The Bertz CT molecular complexity index is 617. The lowest BCUT2D eigenvalue weighted by Crippen LogP contribution is -2.14. The first-order chi connectivity index (χ1) is 9.58. The molecule has 0 unspecified atom stereocenters. The maximum atomic E-state index is 11.8. The van der Waals surface area contributed by atoms with Crippen LogP contribution in [0.25, 0.3) is 0 Å². The number of hydrogen-bond acceptors (Lipinski definition) is 6. The number of carbonyl (C=O) groups excluding carboxylic acids is 1. The van der Waals surface area contributed by atoms with Crippen molar-refractivity contribution >= 4 is 39.3 Å². The molecule has 0 aliphatic rings. The zero-order valence-electron chi connectivity index (χ0n) is 10.7. The third-order valence-electron chi connectivity index (χ3n) is 2.35. The molecular formula is C12H13BrN4O2S. The molecule has 2 rings (SSSR count). The van der Waals surface area contributed by atoms with E-state index in [1.165, 1.54) is 11.8 Å². The third kappa shape index (κ3) is 4.06. The topological polar surface area (TPSA) is 94.0 Å². The van der Waals surface area contributed by atoms with Gasteiger partial charge in [-0.2, -0.15) is 0 Å². The summed E-state index contributed by atoms with van der Waals surface area (Å²) in [5, 5.41) is 10.6. The molecule has 0 spiro atoms. The van der Waals surface area contributed by atoms with Crippen LogP contribution < -0.4 is 11.1 Å². The number of aryl methyl sites for hydroxylation is 1. The molecule has 0 bridgehead atoms. The number of amides is 1. The molecule has 0 fully saturated rings. The van der Waals surface area contributed by atoms with Crippen molar-refractivity contribution in [3.8, 4) is 0 Å². The summed E-state index contributed by atoms with van der Waals surface area (Å²) in [5.74, 6) is 0.397. The van der Waals surface area contributed by atoms with Crippen LogP contribution in [0.4, 0.5) is 5.69 Å². The molecule has 0 saturated heterocycles. The number of halogens is 1. The summed E-state index contributed by atoms with van der Waals surface area (Å²) >= 11 is 4.58. The number of nitrogens with two attached hydrogens (primary N) is 1.